The van der Waals surface area contributed by atoms with Crippen molar-refractivity contribution in [3.05, 3.63) is 23.8 Å². The van der Waals surface area contributed by atoms with Gasteiger partial charge in [-0.25, -0.2) is 0 Å². The smallest absolute Gasteiger partial charge is 0.231 e. The fourth-order valence-electron chi connectivity index (χ4n) is 1.48. The van der Waals surface area contributed by atoms with Crippen LogP contribution in [-0.4, -0.2) is 13.3 Å². The van der Waals surface area contributed by atoms with Gasteiger partial charge in [0.25, 0.3) is 0 Å². The molecule has 0 aromatic heterocycles. The van der Waals surface area contributed by atoms with E-state index >= 15 is 0 Å². The van der Waals surface area contributed by atoms with Gasteiger partial charge in [-0.15, -0.1) is 5.92 Å². The van der Waals surface area contributed by atoms with Crippen LogP contribution in [0.3, 0.4) is 0 Å². The van der Waals surface area contributed by atoms with Gasteiger partial charge in [-0.2, -0.15) is 0 Å². The average Bonchev–Trinajstić information content (AvgIpc) is 2.73. The van der Waals surface area contributed by atoms with Crippen molar-refractivity contribution >= 4 is 0 Å². The zero-order valence-corrected chi connectivity index (χ0v) is 8.67. The second-order valence-corrected chi connectivity index (χ2v) is 3.18. The SMILES string of the molecule is CC#CCNCc1cccc2c1OCO2. The van der Waals surface area contributed by atoms with Crippen LogP contribution in [0.2, 0.25) is 0 Å². The van der Waals surface area contributed by atoms with Crippen molar-refractivity contribution in [2.75, 3.05) is 13.3 Å². The molecule has 1 N–H and O–H groups in total. The lowest BCUT2D eigenvalue weighted by Crippen LogP contribution is -2.13. The minimum atomic E-state index is 0.321. The van der Waals surface area contributed by atoms with Gasteiger partial charge < -0.3 is 14.8 Å². The third kappa shape index (κ3) is 2.23. The summed E-state index contributed by atoms with van der Waals surface area (Å²) in [6, 6.07) is 5.91. The van der Waals surface area contributed by atoms with Crippen LogP contribution in [0.5, 0.6) is 11.5 Å². The van der Waals surface area contributed by atoms with Crippen LogP contribution in [0, 0.1) is 11.8 Å². The largest absolute Gasteiger partial charge is 0.454 e. The molecular weight excluding hydrogens is 190 g/mol. The van der Waals surface area contributed by atoms with E-state index < -0.39 is 0 Å². The predicted molar refractivity (Wildman–Crippen MR) is 57.7 cm³/mol. The molecule has 1 aromatic rings. The molecule has 0 saturated heterocycles. The third-order valence-corrected chi connectivity index (χ3v) is 2.18. The predicted octanol–water partition coefficient (Wildman–Crippen LogP) is 1.53. The van der Waals surface area contributed by atoms with Gasteiger partial charge in [0.15, 0.2) is 11.5 Å². The maximum atomic E-state index is 5.39. The van der Waals surface area contributed by atoms with E-state index in [1.807, 2.05) is 25.1 Å². The number of benzene rings is 1. The van der Waals surface area contributed by atoms with Crippen molar-refractivity contribution in [2.24, 2.45) is 0 Å². The van der Waals surface area contributed by atoms with Gasteiger partial charge in [0.05, 0.1) is 6.54 Å². The van der Waals surface area contributed by atoms with E-state index in [0.29, 0.717) is 13.3 Å². The molecule has 2 rings (SSSR count). The standard InChI is InChI=1S/C12H13NO2/c1-2-3-7-13-8-10-5-4-6-11-12(10)15-9-14-11/h4-6,13H,7-9H2,1H3. The fourth-order valence-corrected chi connectivity index (χ4v) is 1.48. The Balaban J connectivity index is 2.01. The number of fused-ring (bicyclic) bond motifs is 1. The van der Waals surface area contributed by atoms with Gasteiger partial charge in [0.1, 0.15) is 0 Å². The number of para-hydroxylation sites is 1. The first-order chi connectivity index (χ1) is 7.42. The number of hydrogen-bond donors (Lipinski definition) is 1. The Morgan fingerprint density at radius 1 is 1.40 bits per heavy atom. The van der Waals surface area contributed by atoms with Crippen LogP contribution in [0.1, 0.15) is 12.5 Å². The Labute approximate surface area is 89.4 Å². The number of nitrogens with one attached hydrogen (secondary N) is 1. The van der Waals surface area contributed by atoms with Crippen LogP contribution in [0.25, 0.3) is 0 Å². The monoisotopic (exact) mass is 203 g/mol. The molecule has 3 heteroatoms. The molecule has 1 aromatic carbocycles. The molecule has 0 atom stereocenters. The molecule has 0 fully saturated rings. The molecule has 0 amide bonds. The van der Waals surface area contributed by atoms with E-state index in [9.17, 15) is 0 Å². The van der Waals surface area contributed by atoms with Gasteiger partial charge in [-0.3, -0.25) is 0 Å². The molecular formula is C12H13NO2. The van der Waals surface area contributed by atoms with E-state index in [1.54, 1.807) is 0 Å². The van der Waals surface area contributed by atoms with Gasteiger partial charge in [-0.05, 0) is 13.0 Å². The first-order valence-electron chi connectivity index (χ1n) is 4.89. The van der Waals surface area contributed by atoms with Gasteiger partial charge in [0, 0.05) is 12.1 Å². The first-order valence-corrected chi connectivity index (χ1v) is 4.89. The van der Waals surface area contributed by atoms with Gasteiger partial charge >= 0.3 is 0 Å². The summed E-state index contributed by atoms with van der Waals surface area (Å²) in [7, 11) is 0. The van der Waals surface area contributed by atoms with Crippen molar-refractivity contribution < 1.29 is 9.47 Å². The summed E-state index contributed by atoms with van der Waals surface area (Å²) in [6.07, 6.45) is 0. The van der Waals surface area contributed by atoms with E-state index in [0.717, 1.165) is 23.6 Å². The lowest BCUT2D eigenvalue weighted by atomic mass is 10.2. The number of ether oxygens (including phenoxy) is 2. The summed E-state index contributed by atoms with van der Waals surface area (Å²) >= 11 is 0. The molecule has 78 valence electrons. The molecule has 0 saturated carbocycles. The van der Waals surface area contributed by atoms with Crippen LogP contribution >= 0.6 is 0 Å². The van der Waals surface area contributed by atoms with Crippen molar-refractivity contribution in [3.63, 3.8) is 0 Å². The molecule has 0 bridgehead atoms. The zero-order chi connectivity index (χ0) is 10.5. The molecule has 3 nitrogen and oxygen atoms in total. The van der Waals surface area contributed by atoms with Crippen LogP contribution in [0.4, 0.5) is 0 Å². The molecule has 0 aliphatic carbocycles. The average molecular weight is 203 g/mol. The summed E-state index contributed by atoms with van der Waals surface area (Å²) in [6.45, 7) is 3.60. The van der Waals surface area contributed by atoms with Gasteiger partial charge in [0.2, 0.25) is 6.79 Å². The minimum Gasteiger partial charge on any atom is -0.454 e. The summed E-state index contributed by atoms with van der Waals surface area (Å²) in [4.78, 5) is 0. The molecule has 0 unspecified atom stereocenters. The van der Waals surface area contributed by atoms with E-state index in [2.05, 4.69) is 17.2 Å². The fraction of sp³-hybridized carbons (Fsp3) is 0.333. The topological polar surface area (TPSA) is 30.5 Å². The van der Waals surface area contributed by atoms with Crippen LogP contribution in [-0.2, 0) is 6.54 Å². The van der Waals surface area contributed by atoms with Crippen molar-refractivity contribution in [3.8, 4) is 23.3 Å². The van der Waals surface area contributed by atoms with E-state index in [1.165, 1.54) is 0 Å². The first kappa shape index (κ1) is 9.88. The van der Waals surface area contributed by atoms with Crippen LogP contribution < -0.4 is 14.8 Å². The summed E-state index contributed by atoms with van der Waals surface area (Å²) in [5.74, 6) is 7.48. The molecule has 15 heavy (non-hydrogen) atoms. The minimum absolute atomic E-state index is 0.321. The summed E-state index contributed by atoms with van der Waals surface area (Å²) in [5, 5.41) is 3.22. The highest BCUT2D eigenvalue weighted by atomic mass is 16.7. The summed E-state index contributed by atoms with van der Waals surface area (Å²) in [5.41, 5.74) is 1.11. The van der Waals surface area contributed by atoms with Crippen LogP contribution in [0.15, 0.2) is 18.2 Å². The van der Waals surface area contributed by atoms with E-state index in [-0.39, 0.29) is 0 Å². The third-order valence-electron chi connectivity index (χ3n) is 2.18. The summed E-state index contributed by atoms with van der Waals surface area (Å²) < 4.78 is 10.7. The number of hydrogen-bond acceptors (Lipinski definition) is 3. The Kier molecular flexibility index (Phi) is 3.11. The second-order valence-electron chi connectivity index (χ2n) is 3.18. The highest BCUT2D eigenvalue weighted by Gasteiger charge is 2.16. The zero-order valence-electron chi connectivity index (χ0n) is 8.67. The molecule has 1 aliphatic heterocycles. The Hall–Kier alpha value is -1.66. The van der Waals surface area contributed by atoms with Gasteiger partial charge in [-0.1, -0.05) is 18.1 Å². The lowest BCUT2D eigenvalue weighted by molar-refractivity contribution is 0.173. The second kappa shape index (κ2) is 4.72. The number of rotatable bonds is 3. The highest BCUT2D eigenvalue weighted by molar-refractivity contribution is 5.48. The molecule has 0 spiro atoms. The molecule has 0 radical (unpaired) electrons. The normalized spacial score (nSPS) is 12.1. The maximum absolute atomic E-state index is 5.39. The molecule has 1 heterocycles. The maximum Gasteiger partial charge on any atom is 0.231 e. The quantitative estimate of drug-likeness (QED) is 0.597. The van der Waals surface area contributed by atoms with Crippen molar-refractivity contribution in [1.82, 2.24) is 5.32 Å². The Morgan fingerprint density at radius 2 is 2.33 bits per heavy atom. The lowest BCUT2D eigenvalue weighted by Gasteiger charge is -2.05. The molecule has 1 aliphatic rings. The highest BCUT2D eigenvalue weighted by Crippen LogP contribution is 2.34. The van der Waals surface area contributed by atoms with Crippen molar-refractivity contribution in [1.29, 1.82) is 0 Å². The Bertz CT molecular complexity index is 404. The van der Waals surface area contributed by atoms with E-state index in [4.69, 9.17) is 9.47 Å². The Morgan fingerprint density at radius 3 is 3.20 bits per heavy atom. The van der Waals surface area contributed by atoms with Crippen molar-refractivity contribution in [2.45, 2.75) is 13.5 Å².